The summed E-state index contributed by atoms with van der Waals surface area (Å²) in [6, 6.07) is 0. The molecule has 16 heavy (non-hydrogen) atoms. The molecule has 6 heteroatoms. The summed E-state index contributed by atoms with van der Waals surface area (Å²) in [5.74, 6) is 5.28. The van der Waals surface area contributed by atoms with Crippen molar-refractivity contribution in [2.24, 2.45) is 0 Å². The third kappa shape index (κ3) is 3.55. The van der Waals surface area contributed by atoms with E-state index in [4.69, 9.17) is 4.74 Å². The summed E-state index contributed by atoms with van der Waals surface area (Å²) in [5, 5.41) is 10.5. The van der Waals surface area contributed by atoms with E-state index < -0.39 is 4.92 Å². The van der Waals surface area contributed by atoms with Crippen LogP contribution in [0.5, 0.6) is 0 Å². The molecule has 1 rings (SSSR count). The van der Waals surface area contributed by atoms with Crippen LogP contribution < -0.4 is 0 Å². The lowest BCUT2D eigenvalue weighted by atomic mass is 10.5. The van der Waals surface area contributed by atoms with Gasteiger partial charge in [0.1, 0.15) is 25.5 Å². The number of imidazole rings is 1. The molecule has 0 aliphatic carbocycles. The third-order valence-electron chi connectivity index (χ3n) is 1.64. The summed E-state index contributed by atoms with van der Waals surface area (Å²) in [6.45, 7) is 4.45. The number of nitrogens with zero attached hydrogens (tertiary/aromatic N) is 3. The SMILES string of the molecule is C=CCOCC#CCn1ccnc1[N+](=O)[O-]. The van der Waals surface area contributed by atoms with E-state index in [2.05, 4.69) is 23.4 Å². The van der Waals surface area contributed by atoms with Gasteiger partial charge in [-0.25, -0.2) is 4.57 Å². The Labute approximate surface area is 92.7 Å². The van der Waals surface area contributed by atoms with Crippen LogP contribution in [0.15, 0.2) is 25.0 Å². The zero-order chi connectivity index (χ0) is 11.8. The maximum atomic E-state index is 10.5. The first-order chi connectivity index (χ1) is 7.75. The van der Waals surface area contributed by atoms with Crippen LogP contribution in [0.1, 0.15) is 0 Å². The fourth-order valence-electron chi connectivity index (χ4n) is 0.982. The van der Waals surface area contributed by atoms with Crippen LogP contribution in [0, 0.1) is 22.0 Å². The van der Waals surface area contributed by atoms with Gasteiger partial charge in [0, 0.05) is 0 Å². The first-order valence-electron chi connectivity index (χ1n) is 4.55. The van der Waals surface area contributed by atoms with Crippen molar-refractivity contribution in [3.63, 3.8) is 0 Å². The van der Waals surface area contributed by atoms with E-state index in [-0.39, 0.29) is 19.1 Å². The maximum absolute atomic E-state index is 10.5. The summed E-state index contributed by atoms with van der Waals surface area (Å²) < 4.78 is 6.39. The fourth-order valence-corrected chi connectivity index (χ4v) is 0.982. The van der Waals surface area contributed by atoms with Gasteiger partial charge in [0.05, 0.1) is 6.61 Å². The number of nitro groups is 1. The quantitative estimate of drug-likeness (QED) is 0.244. The van der Waals surface area contributed by atoms with Crippen LogP contribution in [-0.2, 0) is 11.3 Å². The number of hydrogen-bond donors (Lipinski definition) is 0. The highest BCUT2D eigenvalue weighted by Gasteiger charge is 2.11. The molecule has 0 aliphatic heterocycles. The van der Waals surface area contributed by atoms with E-state index in [1.54, 1.807) is 6.08 Å². The summed E-state index contributed by atoms with van der Waals surface area (Å²) in [7, 11) is 0. The Balaban J connectivity index is 2.44. The maximum Gasteiger partial charge on any atom is 0.435 e. The minimum Gasteiger partial charge on any atom is -0.390 e. The summed E-state index contributed by atoms with van der Waals surface area (Å²) in [5.41, 5.74) is 0. The average molecular weight is 221 g/mol. The molecular weight excluding hydrogens is 210 g/mol. The largest absolute Gasteiger partial charge is 0.435 e. The third-order valence-corrected chi connectivity index (χ3v) is 1.64. The Kier molecular flexibility index (Phi) is 4.76. The van der Waals surface area contributed by atoms with Crippen molar-refractivity contribution >= 4 is 5.95 Å². The van der Waals surface area contributed by atoms with Crippen LogP contribution in [0.2, 0.25) is 0 Å². The van der Waals surface area contributed by atoms with Gasteiger partial charge in [-0.2, -0.15) is 0 Å². The van der Waals surface area contributed by atoms with Crippen molar-refractivity contribution in [3.05, 3.63) is 35.2 Å². The Hall–Kier alpha value is -2.13. The Morgan fingerprint density at radius 1 is 1.69 bits per heavy atom. The van der Waals surface area contributed by atoms with Gasteiger partial charge in [-0.15, -0.1) is 6.58 Å². The number of rotatable bonds is 5. The van der Waals surface area contributed by atoms with E-state index in [0.717, 1.165) is 0 Å². The van der Waals surface area contributed by atoms with Crippen molar-refractivity contribution in [2.75, 3.05) is 13.2 Å². The second-order valence-electron chi connectivity index (χ2n) is 2.77. The number of aromatic nitrogens is 2. The minimum atomic E-state index is -0.546. The zero-order valence-electron chi connectivity index (χ0n) is 8.63. The molecule has 1 aromatic heterocycles. The van der Waals surface area contributed by atoms with Crippen molar-refractivity contribution in [1.82, 2.24) is 9.55 Å². The van der Waals surface area contributed by atoms with Crippen molar-refractivity contribution in [1.29, 1.82) is 0 Å². The van der Waals surface area contributed by atoms with Gasteiger partial charge < -0.3 is 14.9 Å². The number of hydrogen-bond acceptors (Lipinski definition) is 4. The lowest BCUT2D eigenvalue weighted by Crippen LogP contribution is -2.01. The first kappa shape index (κ1) is 11.9. The van der Waals surface area contributed by atoms with Crippen molar-refractivity contribution < 1.29 is 9.66 Å². The summed E-state index contributed by atoms with van der Waals surface area (Å²) in [6.07, 6.45) is 4.51. The molecule has 1 heterocycles. The highest BCUT2D eigenvalue weighted by molar-refractivity contribution is 5.10. The zero-order valence-corrected chi connectivity index (χ0v) is 8.63. The molecule has 0 radical (unpaired) electrons. The van der Waals surface area contributed by atoms with Crippen molar-refractivity contribution in [3.8, 4) is 11.8 Å². The van der Waals surface area contributed by atoms with E-state index >= 15 is 0 Å². The van der Waals surface area contributed by atoms with Crippen LogP contribution in [-0.4, -0.2) is 27.7 Å². The molecule has 6 nitrogen and oxygen atoms in total. The molecule has 0 aromatic carbocycles. The second-order valence-corrected chi connectivity index (χ2v) is 2.77. The lowest BCUT2D eigenvalue weighted by Gasteiger charge is -1.95. The molecular formula is C10H11N3O3. The topological polar surface area (TPSA) is 70.2 Å². The lowest BCUT2D eigenvalue weighted by molar-refractivity contribution is -0.396. The molecule has 0 N–H and O–H groups in total. The van der Waals surface area contributed by atoms with Gasteiger partial charge in [0.15, 0.2) is 0 Å². The van der Waals surface area contributed by atoms with Gasteiger partial charge >= 0.3 is 5.95 Å². The smallest absolute Gasteiger partial charge is 0.390 e. The highest BCUT2D eigenvalue weighted by atomic mass is 16.6. The van der Waals surface area contributed by atoms with Crippen LogP contribution in [0.25, 0.3) is 0 Å². The first-order valence-corrected chi connectivity index (χ1v) is 4.55. The normalized spacial score (nSPS) is 9.25. The molecule has 0 bridgehead atoms. The second kappa shape index (κ2) is 6.37. The molecule has 0 amide bonds. The summed E-state index contributed by atoms with van der Waals surface area (Å²) in [4.78, 5) is 13.5. The Morgan fingerprint density at radius 2 is 2.50 bits per heavy atom. The van der Waals surface area contributed by atoms with Gasteiger partial charge in [-0.05, 0) is 4.92 Å². The van der Waals surface area contributed by atoms with Crippen LogP contribution in [0.3, 0.4) is 0 Å². The monoisotopic (exact) mass is 221 g/mol. The Morgan fingerprint density at radius 3 is 3.19 bits per heavy atom. The van der Waals surface area contributed by atoms with E-state index in [1.165, 1.54) is 17.0 Å². The van der Waals surface area contributed by atoms with Gasteiger partial charge in [0.2, 0.25) is 0 Å². The molecule has 0 saturated heterocycles. The fraction of sp³-hybridized carbons (Fsp3) is 0.300. The van der Waals surface area contributed by atoms with E-state index in [1.807, 2.05) is 0 Å². The molecule has 0 fully saturated rings. The average Bonchev–Trinajstić information content (AvgIpc) is 2.71. The van der Waals surface area contributed by atoms with Gasteiger partial charge in [-0.3, -0.25) is 0 Å². The van der Waals surface area contributed by atoms with E-state index in [9.17, 15) is 10.1 Å². The minimum absolute atomic E-state index is 0.207. The molecule has 0 saturated carbocycles. The molecule has 0 atom stereocenters. The molecule has 1 aromatic rings. The molecule has 0 aliphatic rings. The molecule has 0 unspecified atom stereocenters. The Bertz CT molecular complexity index is 428. The van der Waals surface area contributed by atoms with Crippen LogP contribution >= 0.6 is 0 Å². The predicted molar refractivity (Wildman–Crippen MR) is 57.7 cm³/mol. The highest BCUT2D eigenvalue weighted by Crippen LogP contribution is 2.05. The molecule has 0 spiro atoms. The van der Waals surface area contributed by atoms with E-state index in [0.29, 0.717) is 6.61 Å². The molecule has 84 valence electrons. The standard InChI is InChI=1S/C10H11N3O3/c1-2-8-16-9-4-3-6-12-7-5-11-10(12)13(14)15/h2,5,7H,1,6,8-9H2. The van der Waals surface area contributed by atoms with Crippen LogP contribution in [0.4, 0.5) is 5.95 Å². The van der Waals surface area contributed by atoms with Gasteiger partial charge in [-0.1, -0.05) is 22.9 Å². The number of ether oxygens (including phenoxy) is 1. The van der Waals surface area contributed by atoms with Crippen molar-refractivity contribution in [2.45, 2.75) is 6.54 Å². The summed E-state index contributed by atoms with van der Waals surface area (Å²) >= 11 is 0. The van der Waals surface area contributed by atoms with Gasteiger partial charge in [0.25, 0.3) is 0 Å². The predicted octanol–water partition coefficient (Wildman–Crippen LogP) is 0.997.